The molecule has 1 heterocycles. The molecular formula is C26H39ClN6O6. The molecule has 12 nitrogen and oxygen atoms in total. The van der Waals surface area contributed by atoms with Crippen LogP contribution in [0, 0.1) is 12.8 Å². The first-order chi connectivity index (χ1) is 17.7. The molecular weight excluding hydrogens is 528 g/mol. The molecule has 3 amide bonds. The molecule has 2 aromatic rings. The molecule has 1 aromatic heterocycles. The number of amides is 3. The third kappa shape index (κ3) is 10.8. The molecule has 0 aliphatic carbocycles. The molecule has 0 aliphatic heterocycles. The molecule has 0 fully saturated rings. The van der Waals surface area contributed by atoms with Crippen LogP contribution in [0.3, 0.4) is 0 Å². The van der Waals surface area contributed by atoms with E-state index in [1.165, 1.54) is 6.07 Å². The van der Waals surface area contributed by atoms with E-state index in [2.05, 4.69) is 20.9 Å². The van der Waals surface area contributed by atoms with Gasteiger partial charge in [0.2, 0.25) is 11.8 Å². The molecule has 0 radical (unpaired) electrons. The van der Waals surface area contributed by atoms with Crippen molar-refractivity contribution in [3.8, 4) is 0 Å². The minimum absolute atomic E-state index is 0. The molecule has 0 saturated carbocycles. The maximum Gasteiger partial charge on any atom is 0.408 e. The summed E-state index contributed by atoms with van der Waals surface area (Å²) in [5.74, 6) is -1.42. The molecule has 2 atom stereocenters. The van der Waals surface area contributed by atoms with E-state index in [4.69, 9.17) is 20.6 Å². The van der Waals surface area contributed by atoms with Crippen molar-refractivity contribution < 1.29 is 23.5 Å². The molecule has 0 spiro atoms. The van der Waals surface area contributed by atoms with Gasteiger partial charge in [0.1, 0.15) is 23.3 Å². The van der Waals surface area contributed by atoms with Gasteiger partial charge in [0.05, 0.1) is 0 Å². The van der Waals surface area contributed by atoms with Crippen molar-refractivity contribution in [1.82, 2.24) is 10.6 Å². The second kappa shape index (κ2) is 14.4. The van der Waals surface area contributed by atoms with E-state index in [0.717, 1.165) is 10.9 Å². The van der Waals surface area contributed by atoms with Crippen LogP contribution in [0.4, 0.5) is 10.5 Å². The summed E-state index contributed by atoms with van der Waals surface area (Å²) in [6.45, 7) is 10.7. The van der Waals surface area contributed by atoms with Gasteiger partial charge in [-0.05, 0) is 64.2 Å². The van der Waals surface area contributed by atoms with Gasteiger partial charge in [0.25, 0.3) is 0 Å². The highest BCUT2D eigenvalue weighted by Crippen LogP contribution is 2.21. The van der Waals surface area contributed by atoms with Crippen LogP contribution in [-0.4, -0.2) is 48.1 Å². The summed E-state index contributed by atoms with van der Waals surface area (Å²) in [7, 11) is 0. The van der Waals surface area contributed by atoms with Gasteiger partial charge in [-0.2, -0.15) is 0 Å². The first-order valence-electron chi connectivity index (χ1n) is 12.4. The maximum atomic E-state index is 13.2. The van der Waals surface area contributed by atoms with E-state index in [0.29, 0.717) is 17.7 Å². The highest BCUT2D eigenvalue weighted by atomic mass is 35.5. The predicted octanol–water partition coefficient (Wildman–Crippen LogP) is 2.55. The quantitative estimate of drug-likeness (QED) is 0.125. The SMILES string of the molecule is Cc1cc(=O)oc2cc(NC(=O)C(CCCN=C(N)N)NC(=O)C(NC(=O)OC(C)(C)C)C(C)C)ccc12.Cl. The summed E-state index contributed by atoms with van der Waals surface area (Å²) >= 11 is 0. The molecule has 0 saturated heterocycles. The fraction of sp³-hybridized carbons (Fsp3) is 0.500. The number of nitrogens with one attached hydrogen (secondary N) is 3. The Labute approximate surface area is 233 Å². The van der Waals surface area contributed by atoms with Crippen LogP contribution in [0.15, 0.2) is 38.5 Å². The molecule has 0 bridgehead atoms. The molecule has 2 unspecified atom stereocenters. The van der Waals surface area contributed by atoms with Crippen molar-refractivity contribution in [3.05, 3.63) is 40.2 Å². The van der Waals surface area contributed by atoms with Crippen LogP contribution in [0.2, 0.25) is 0 Å². The molecule has 13 heteroatoms. The number of fused-ring (bicyclic) bond motifs is 1. The molecule has 0 aliphatic rings. The first-order valence-corrected chi connectivity index (χ1v) is 12.4. The Bertz CT molecular complexity index is 1250. The zero-order valence-electron chi connectivity index (χ0n) is 23.1. The number of alkyl carbamates (subject to hydrolysis) is 1. The fourth-order valence-electron chi connectivity index (χ4n) is 3.64. The second-order valence-corrected chi connectivity index (χ2v) is 10.3. The standard InChI is InChI=1S/C26H38N6O6.ClH/c1-14(2)21(32-25(36)38-26(4,5)6)23(35)31-18(8-7-11-29-24(27)28)22(34)30-16-9-10-17-15(3)12-20(33)37-19(17)13-16;/h9-10,12-14,18,21H,7-8,11H2,1-6H3,(H,30,34)(H,31,35)(H,32,36)(H4,27,28,29);1H. The normalized spacial score (nSPS) is 12.6. The number of nitrogens with zero attached hydrogens (tertiary/aromatic N) is 1. The van der Waals surface area contributed by atoms with E-state index < -0.39 is 41.2 Å². The summed E-state index contributed by atoms with van der Waals surface area (Å²) < 4.78 is 10.5. The lowest BCUT2D eigenvalue weighted by molar-refractivity contribution is -0.128. The first kappa shape index (κ1) is 33.2. The van der Waals surface area contributed by atoms with Gasteiger partial charge in [0.15, 0.2) is 5.96 Å². The van der Waals surface area contributed by atoms with Crippen molar-refractivity contribution >= 4 is 52.9 Å². The summed E-state index contributed by atoms with van der Waals surface area (Å²) in [4.78, 5) is 54.4. The number of carbonyl (C=O) groups excluding carboxylic acids is 3. The summed E-state index contributed by atoms with van der Waals surface area (Å²) in [5, 5.41) is 8.79. The minimum atomic E-state index is -0.974. The lowest BCUT2D eigenvalue weighted by Crippen LogP contribution is -2.55. The fourth-order valence-corrected chi connectivity index (χ4v) is 3.64. The topological polar surface area (TPSA) is 191 Å². The van der Waals surface area contributed by atoms with Gasteiger partial charge < -0.3 is 36.6 Å². The number of hydrogen-bond acceptors (Lipinski definition) is 7. The number of guanidine groups is 1. The Balaban J connectivity index is 0.00000760. The number of carbonyl (C=O) groups is 3. The lowest BCUT2D eigenvalue weighted by atomic mass is 10.0. The molecule has 7 N–H and O–H groups in total. The molecule has 39 heavy (non-hydrogen) atoms. The third-order valence-corrected chi connectivity index (χ3v) is 5.42. The van der Waals surface area contributed by atoms with Crippen LogP contribution in [0.1, 0.15) is 53.0 Å². The number of aryl methyl sites for hydroxylation is 1. The minimum Gasteiger partial charge on any atom is -0.444 e. The van der Waals surface area contributed by atoms with E-state index in [9.17, 15) is 19.2 Å². The number of aliphatic imine (C=N–C) groups is 1. The van der Waals surface area contributed by atoms with Gasteiger partial charge in [-0.15, -0.1) is 12.4 Å². The van der Waals surface area contributed by atoms with Gasteiger partial charge in [-0.3, -0.25) is 14.6 Å². The smallest absolute Gasteiger partial charge is 0.408 e. The number of hydrogen-bond donors (Lipinski definition) is 5. The van der Waals surface area contributed by atoms with Gasteiger partial charge in [0, 0.05) is 29.8 Å². The van der Waals surface area contributed by atoms with Gasteiger partial charge in [-0.1, -0.05) is 13.8 Å². The molecule has 1 aromatic carbocycles. The zero-order valence-corrected chi connectivity index (χ0v) is 23.9. The number of rotatable bonds is 10. The van der Waals surface area contributed by atoms with Crippen molar-refractivity contribution in [3.63, 3.8) is 0 Å². The van der Waals surface area contributed by atoms with Gasteiger partial charge >= 0.3 is 11.7 Å². The molecule has 2 rings (SSSR count). The maximum absolute atomic E-state index is 13.2. The summed E-state index contributed by atoms with van der Waals surface area (Å²) in [5.41, 5.74) is 11.0. The van der Waals surface area contributed by atoms with Crippen LogP contribution >= 0.6 is 12.4 Å². The van der Waals surface area contributed by atoms with Crippen molar-refractivity contribution in [2.45, 2.75) is 72.1 Å². The predicted molar refractivity (Wildman–Crippen MR) is 153 cm³/mol. The van der Waals surface area contributed by atoms with Crippen LogP contribution in [0.5, 0.6) is 0 Å². The van der Waals surface area contributed by atoms with E-state index >= 15 is 0 Å². The average Bonchev–Trinajstić information content (AvgIpc) is 2.77. The van der Waals surface area contributed by atoms with Crippen LogP contribution < -0.4 is 33.0 Å². The Morgan fingerprint density at radius 3 is 2.33 bits per heavy atom. The van der Waals surface area contributed by atoms with Crippen molar-refractivity contribution in [1.29, 1.82) is 0 Å². The highest BCUT2D eigenvalue weighted by molar-refractivity contribution is 5.99. The number of ether oxygens (including phenoxy) is 1. The van der Waals surface area contributed by atoms with Crippen LogP contribution in [-0.2, 0) is 14.3 Å². The van der Waals surface area contributed by atoms with Crippen molar-refractivity contribution in [2.75, 3.05) is 11.9 Å². The highest BCUT2D eigenvalue weighted by Gasteiger charge is 2.30. The Kier molecular flexibility index (Phi) is 12.3. The van der Waals surface area contributed by atoms with E-state index in [1.54, 1.807) is 59.7 Å². The van der Waals surface area contributed by atoms with Gasteiger partial charge in [-0.25, -0.2) is 9.59 Å². The van der Waals surface area contributed by atoms with Crippen LogP contribution in [0.25, 0.3) is 11.0 Å². The van der Waals surface area contributed by atoms with Crippen molar-refractivity contribution in [2.24, 2.45) is 22.4 Å². The average molecular weight is 567 g/mol. The Morgan fingerprint density at radius 2 is 1.74 bits per heavy atom. The second-order valence-electron chi connectivity index (χ2n) is 10.3. The summed E-state index contributed by atoms with van der Waals surface area (Å²) in [6, 6.07) is 4.41. The largest absolute Gasteiger partial charge is 0.444 e. The number of nitrogens with two attached hydrogens (primary N) is 2. The lowest BCUT2D eigenvalue weighted by Gasteiger charge is -2.27. The zero-order chi connectivity index (χ0) is 28.6. The van der Waals surface area contributed by atoms with E-state index in [-0.39, 0.29) is 37.3 Å². The summed E-state index contributed by atoms with van der Waals surface area (Å²) in [6.07, 6.45) is -0.130. The Morgan fingerprint density at radius 1 is 1.08 bits per heavy atom. The number of halogens is 1. The number of anilines is 1. The van der Waals surface area contributed by atoms with E-state index in [1.807, 2.05) is 0 Å². The number of benzene rings is 1. The third-order valence-electron chi connectivity index (χ3n) is 5.42. The Hall–Kier alpha value is -3.80. The molecule has 216 valence electrons. The monoisotopic (exact) mass is 566 g/mol.